The van der Waals surface area contributed by atoms with Crippen LogP contribution in [-0.2, 0) is 0 Å². The topological polar surface area (TPSA) is 0 Å². The second kappa shape index (κ2) is 9.14. The molecule has 190 valence electrons. The summed E-state index contributed by atoms with van der Waals surface area (Å²) in [6.45, 7) is 15.9. The number of hydrogen-bond donors (Lipinski definition) is 0. The molecule has 5 rings (SSSR count). The van der Waals surface area contributed by atoms with E-state index in [1.165, 1.54) is 64.2 Å². The van der Waals surface area contributed by atoms with Gasteiger partial charge in [0.15, 0.2) is 0 Å². The van der Waals surface area contributed by atoms with Crippen molar-refractivity contribution < 1.29 is 0 Å². The van der Waals surface area contributed by atoms with Crippen LogP contribution in [0.25, 0.3) is 0 Å². The lowest BCUT2D eigenvalue weighted by atomic mass is 9.43. The Hall–Kier alpha value is 0. The molecule has 0 aromatic carbocycles. The van der Waals surface area contributed by atoms with E-state index in [2.05, 4.69) is 41.5 Å². The first-order valence-electron chi connectivity index (χ1n) is 15.6. The summed E-state index contributed by atoms with van der Waals surface area (Å²) in [5, 5.41) is 0. The van der Waals surface area contributed by atoms with E-state index in [0.717, 1.165) is 47.3 Å². The van der Waals surface area contributed by atoms with Gasteiger partial charge in [0.25, 0.3) is 0 Å². The Morgan fingerprint density at radius 3 is 2.09 bits per heavy atom. The molecule has 0 aromatic heterocycles. The van der Waals surface area contributed by atoms with Crippen molar-refractivity contribution in [2.45, 2.75) is 144 Å². The van der Waals surface area contributed by atoms with E-state index >= 15 is 0 Å². The van der Waals surface area contributed by atoms with Crippen LogP contribution < -0.4 is 0 Å². The molecule has 0 N–H and O–H groups in total. The van der Waals surface area contributed by atoms with E-state index in [1.807, 2.05) is 0 Å². The van der Waals surface area contributed by atoms with Crippen LogP contribution in [0, 0.1) is 63.6 Å². The van der Waals surface area contributed by atoms with E-state index in [-0.39, 0.29) is 0 Å². The van der Waals surface area contributed by atoms with Gasteiger partial charge in [-0.3, -0.25) is 0 Å². The maximum absolute atomic E-state index is 2.78. The minimum Gasteiger partial charge on any atom is -0.0622 e. The van der Waals surface area contributed by atoms with Crippen LogP contribution in [0.2, 0.25) is 0 Å². The second-order valence-electron chi connectivity index (χ2n) is 15.7. The van der Waals surface area contributed by atoms with E-state index < -0.39 is 0 Å². The van der Waals surface area contributed by atoms with Crippen LogP contribution in [0.15, 0.2) is 0 Å². The standard InChI is InChI=1S/C33H58/c1-23(25-10-8-7-9-11-25)12-13-24(2)28-16-17-29-27-15-14-26-22-31(3,4)20-21-32(26,5)30(27)18-19-33(28,29)6/h23-30H,7-22H2,1-6H3/t23-,24-,26+,27+,28-,29+,30+,32+,33-/m1/s1. The zero-order valence-electron chi connectivity index (χ0n) is 23.4. The predicted octanol–water partition coefficient (Wildman–Crippen LogP) is 10.3. The summed E-state index contributed by atoms with van der Waals surface area (Å²) in [6.07, 6.45) is 24.4. The van der Waals surface area contributed by atoms with Crippen molar-refractivity contribution in [3.63, 3.8) is 0 Å². The van der Waals surface area contributed by atoms with Gasteiger partial charge < -0.3 is 0 Å². The minimum absolute atomic E-state index is 0.600. The minimum atomic E-state index is 0.600. The summed E-state index contributed by atoms with van der Waals surface area (Å²) in [4.78, 5) is 0. The molecule has 0 nitrogen and oxygen atoms in total. The average molecular weight is 455 g/mol. The highest BCUT2D eigenvalue weighted by atomic mass is 14.7. The summed E-state index contributed by atoms with van der Waals surface area (Å²) in [5.74, 6) is 8.15. The molecule has 0 amide bonds. The number of fused-ring (bicyclic) bond motifs is 5. The van der Waals surface area contributed by atoms with Crippen LogP contribution in [0.4, 0.5) is 0 Å². The van der Waals surface area contributed by atoms with Gasteiger partial charge >= 0.3 is 0 Å². The summed E-state index contributed by atoms with van der Waals surface area (Å²) in [6, 6.07) is 0. The molecule has 0 radical (unpaired) electrons. The Morgan fingerprint density at radius 1 is 0.636 bits per heavy atom. The molecule has 5 aliphatic carbocycles. The highest BCUT2D eigenvalue weighted by Crippen LogP contribution is 2.69. The van der Waals surface area contributed by atoms with Gasteiger partial charge in [-0.25, -0.2) is 0 Å². The van der Waals surface area contributed by atoms with Crippen molar-refractivity contribution >= 4 is 0 Å². The largest absolute Gasteiger partial charge is 0.0622 e. The van der Waals surface area contributed by atoms with Crippen molar-refractivity contribution in [3.8, 4) is 0 Å². The van der Waals surface area contributed by atoms with Crippen LogP contribution in [-0.4, -0.2) is 0 Å². The second-order valence-corrected chi connectivity index (χ2v) is 15.7. The first-order chi connectivity index (χ1) is 15.6. The Bertz CT molecular complexity index is 670. The number of hydrogen-bond acceptors (Lipinski definition) is 0. The van der Waals surface area contributed by atoms with Gasteiger partial charge in [0.1, 0.15) is 0 Å². The maximum Gasteiger partial charge on any atom is -0.0264 e. The summed E-state index contributed by atoms with van der Waals surface area (Å²) in [5.41, 5.74) is 1.92. The lowest BCUT2D eigenvalue weighted by Gasteiger charge is -2.62. The van der Waals surface area contributed by atoms with Crippen molar-refractivity contribution in [2.75, 3.05) is 0 Å². The Kier molecular flexibility index (Phi) is 6.84. The lowest BCUT2D eigenvalue weighted by Crippen LogP contribution is -2.54. The molecule has 0 bridgehead atoms. The van der Waals surface area contributed by atoms with Gasteiger partial charge in [0.2, 0.25) is 0 Å². The molecule has 5 aliphatic rings. The third-order valence-electron chi connectivity index (χ3n) is 13.5. The van der Waals surface area contributed by atoms with Gasteiger partial charge in [-0.15, -0.1) is 0 Å². The normalized spacial score (nSPS) is 47.3. The molecule has 9 atom stereocenters. The Balaban J connectivity index is 1.23. The zero-order valence-corrected chi connectivity index (χ0v) is 23.4. The molecule has 0 spiro atoms. The number of rotatable bonds is 5. The molecule has 33 heavy (non-hydrogen) atoms. The van der Waals surface area contributed by atoms with Crippen molar-refractivity contribution in [1.29, 1.82) is 0 Å². The third-order valence-corrected chi connectivity index (χ3v) is 13.5. The molecule has 0 aromatic rings. The molecule has 0 saturated heterocycles. The fraction of sp³-hybridized carbons (Fsp3) is 1.00. The molecule has 0 heteroatoms. The predicted molar refractivity (Wildman–Crippen MR) is 143 cm³/mol. The molecular formula is C33H58. The van der Waals surface area contributed by atoms with Gasteiger partial charge in [0.05, 0.1) is 0 Å². The van der Waals surface area contributed by atoms with Gasteiger partial charge in [-0.2, -0.15) is 0 Å². The van der Waals surface area contributed by atoms with Gasteiger partial charge in [-0.05, 0) is 121 Å². The van der Waals surface area contributed by atoms with Crippen molar-refractivity contribution in [3.05, 3.63) is 0 Å². The zero-order chi connectivity index (χ0) is 23.4. The highest BCUT2D eigenvalue weighted by Gasteiger charge is 2.61. The summed E-state index contributed by atoms with van der Waals surface area (Å²) < 4.78 is 0. The van der Waals surface area contributed by atoms with E-state index in [0.29, 0.717) is 16.2 Å². The molecule has 5 saturated carbocycles. The summed E-state index contributed by atoms with van der Waals surface area (Å²) in [7, 11) is 0. The van der Waals surface area contributed by atoms with Gasteiger partial charge in [-0.1, -0.05) is 86.5 Å². The fourth-order valence-corrected chi connectivity index (χ4v) is 11.3. The Labute approximate surface area is 207 Å². The van der Waals surface area contributed by atoms with Gasteiger partial charge in [0, 0.05) is 0 Å². The fourth-order valence-electron chi connectivity index (χ4n) is 11.3. The van der Waals surface area contributed by atoms with Crippen LogP contribution >= 0.6 is 0 Å². The van der Waals surface area contributed by atoms with E-state index in [9.17, 15) is 0 Å². The van der Waals surface area contributed by atoms with E-state index in [4.69, 9.17) is 0 Å². The quantitative estimate of drug-likeness (QED) is 0.387. The van der Waals surface area contributed by atoms with E-state index in [1.54, 1.807) is 38.5 Å². The molecule has 0 aliphatic heterocycles. The maximum atomic E-state index is 2.78. The van der Waals surface area contributed by atoms with Crippen LogP contribution in [0.1, 0.15) is 144 Å². The third kappa shape index (κ3) is 4.39. The highest BCUT2D eigenvalue weighted by molar-refractivity contribution is 5.10. The SMILES string of the molecule is C[C@H](CC[C@@H](C)[C@H]1CC[C@H]2[C@@H]3CC[C@H]4CC(C)(C)CC[C@]4(C)[C@H]3CC[C@]12C)C1CCCCC1. The molecule has 5 fully saturated rings. The molecular weight excluding hydrogens is 396 g/mol. The smallest absolute Gasteiger partial charge is 0.0264 e. The lowest BCUT2D eigenvalue weighted by molar-refractivity contribution is -0.129. The Morgan fingerprint density at radius 2 is 1.33 bits per heavy atom. The van der Waals surface area contributed by atoms with Crippen molar-refractivity contribution in [1.82, 2.24) is 0 Å². The van der Waals surface area contributed by atoms with Crippen LogP contribution in [0.3, 0.4) is 0 Å². The molecule has 0 heterocycles. The first kappa shape index (κ1) is 24.7. The monoisotopic (exact) mass is 454 g/mol. The van der Waals surface area contributed by atoms with Crippen LogP contribution in [0.5, 0.6) is 0 Å². The van der Waals surface area contributed by atoms with Crippen molar-refractivity contribution in [2.24, 2.45) is 63.6 Å². The first-order valence-corrected chi connectivity index (χ1v) is 15.6. The summed E-state index contributed by atoms with van der Waals surface area (Å²) >= 11 is 0. The average Bonchev–Trinajstić information content (AvgIpc) is 3.15. The molecule has 0 unspecified atom stereocenters.